The van der Waals surface area contributed by atoms with Crippen LogP contribution in [0.1, 0.15) is 52.9 Å². The lowest BCUT2D eigenvalue weighted by molar-refractivity contribution is 0.0375. The van der Waals surface area contributed by atoms with Crippen LogP contribution in [0.5, 0.6) is 0 Å². The third-order valence-electron chi connectivity index (χ3n) is 6.09. The van der Waals surface area contributed by atoms with Crippen LogP contribution in [0.4, 0.5) is 4.79 Å². The van der Waals surface area contributed by atoms with Gasteiger partial charge in [-0.2, -0.15) is 11.8 Å². The molecule has 5 nitrogen and oxygen atoms in total. The topological polar surface area (TPSA) is 36.0 Å². The Morgan fingerprint density at radius 3 is 2.33 bits per heavy atom. The normalized spacial score (nSPS) is 23.9. The van der Waals surface area contributed by atoms with Crippen molar-refractivity contribution in [1.82, 2.24) is 14.7 Å². The van der Waals surface area contributed by atoms with Crippen molar-refractivity contribution >= 4 is 17.8 Å². The van der Waals surface area contributed by atoms with Gasteiger partial charge in [-0.15, -0.1) is 0 Å². The van der Waals surface area contributed by atoms with Gasteiger partial charge in [-0.1, -0.05) is 20.8 Å². The molecule has 0 aromatic rings. The standard InChI is InChI=1S/C21H41N3O2S/c1-5-22(19-6-8-20(26-4)9-7-19)12-13-23(11-10-18(2)3)21(25)24-14-16-27-17-15-24/h18-20H,5-17H2,1-4H3. The maximum Gasteiger partial charge on any atom is 0.320 e. The molecule has 6 heteroatoms. The highest BCUT2D eigenvalue weighted by Gasteiger charge is 2.27. The van der Waals surface area contributed by atoms with E-state index in [9.17, 15) is 4.79 Å². The molecule has 1 heterocycles. The molecule has 0 aromatic carbocycles. The summed E-state index contributed by atoms with van der Waals surface area (Å²) < 4.78 is 5.53. The summed E-state index contributed by atoms with van der Waals surface area (Å²) in [6, 6.07) is 0.907. The lowest BCUT2D eigenvalue weighted by Gasteiger charge is -2.38. The molecule has 0 unspecified atom stereocenters. The smallest absolute Gasteiger partial charge is 0.320 e. The highest BCUT2D eigenvalue weighted by atomic mass is 32.2. The lowest BCUT2D eigenvalue weighted by atomic mass is 9.92. The fraction of sp³-hybridized carbons (Fsp3) is 0.952. The molecule has 0 atom stereocenters. The van der Waals surface area contributed by atoms with Crippen LogP contribution in [0, 0.1) is 5.92 Å². The number of carbonyl (C=O) groups is 1. The molecule has 0 N–H and O–H groups in total. The van der Waals surface area contributed by atoms with E-state index in [0.717, 1.165) is 57.2 Å². The summed E-state index contributed by atoms with van der Waals surface area (Å²) in [7, 11) is 1.83. The van der Waals surface area contributed by atoms with E-state index in [-0.39, 0.29) is 6.03 Å². The number of hydrogen-bond donors (Lipinski definition) is 0. The Labute approximate surface area is 171 Å². The van der Waals surface area contributed by atoms with E-state index in [1.807, 2.05) is 18.9 Å². The van der Waals surface area contributed by atoms with Crippen molar-refractivity contribution in [3.63, 3.8) is 0 Å². The molecular weight excluding hydrogens is 358 g/mol. The summed E-state index contributed by atoms with van der Waals surface area (Å²) in [5.74, 6) is 2.78. The third-order valence-corrected chi connectivity index (χ3v) is 7.03. The summed E-state index contributed by atoms with van der Waals surface area (Å²) in [6.07, 6.45) is 6.30. The van der Waals surface area contributed by atoms with Gasteiger partial charge in [0.15, 0.2) is 0 Å². The number of carbonyl (C=O) groups excluding carboxylic acids is 1. The largest absolute Gasteiger partial charge is 0.381 e. The van der Waals surface area contributed by atoms with Crippen molar-refractivity contribution in [2.45, 2.75) is 65.0 Å². The first kappa shape index (κ1) is 22.8. The molecule has 1 aliphatic carbocycles. The van der Waals surface area contributed by atoms with Gasteiger partial charge in [-0.3, -0.25) is 4.90 Å². The molecule has 2 amide bonds. The highest BCUT2D eigenvalue weighted by Crippen LogP contribution is 2.24. The highest BCUT2D eigenvalue weighted by molar-refractivity contribution is 7.99. The predicted molar refractivity (Wildman–Crippen MR) is 116 cm³/mol. The van der Waals surface area contributed by atoms with Gasteiger partial charge in [0.2, 0.25) is 0 Å². The van der Waals surface area contributed by atoms with E-state index in [1.165, 1.54) is 25.7 Å². The van der Waals surface area contributed by atoms with Gasteiger partial charge in [0.1, 0.15) is 0 Å². The molecular formula is C21H41N3O2S. The second kappa shape index (κ2) is 12.2. The molecule has 2 rings (SSSR count). The van der Waals surface area contributed by atoms with E-state index in [0.29, 0.717) is 18.1 Å². The fourth-order valence-electron chi connectivity index (χ4n) is 4.17. The molecule has 0 radical (unpaired) electrons. The number of methoxy groups -OCH3 is 1. The monoisotopic (exact) mass is 399 g/mol. The van der Waals surface area contributed by atoms with Crippen molar-refractivity contribution in [3.8, 4) is 0 Å². The number of nitrogens with zero attached hydrogens (tertiary/aromatic N) is 3. The van der Waals surface area contributed by atoms with Gasteiger partial charge in [-0.05, 0) is 44.6 Å². The van der Waals surface area contributed by atoms with E-state index >= 15 is 0 Å². The number of amides is 2. The number of urea groups is 1. The maximum absolute atomic E-state index is 13.1. The van der Waals surface area contributed by atoms with Crippen molar-refractivity contribution in [1.29, 1.82) is 0 Å². The Morgan fingerprint density at radius 2 is 1.78 bits per heavy atom. The Balaban J connectivity index is 1.89. The van der Waals surface area contributed by atoms with E-state index < -0.39 is 0 Å². The molecule has 2 aliphatic rings. The molecule has 1 aliphatic heterocycles. The first-order valence-corrected chi connectivity index (χ1v) is 12.1. The molecule has 0 aromatic heterocycles. The number of likely N-dealkylation sites (N-methyl/N-ethyl adjacent to an activating group) is 1. The second-order valence-corrected chi connectivity index (χ2v) is 9.57. The van der Waals surface area contributed by atoms with Crippen molar-refractivity contribution in [2.24, 2.45) is 5.92 Å². The summed E-state index contributed by atoms with van der Waals surface area (Å²) in [6.45, 7) is 12.3. The van der Waals surface area contributed by atoms with Crippen LogP contribution >= 0.6 is 11.8 Å². The summed E-state index contributed by atoms with van der Waals surface area (Å²) in [5, 5.41) is 0. The fourth-order valence-corrected chi connectivity index (χ4v) is 5.07. The summed E-state index contributed by atoms with van der Waals surface area (Å²) >= 11 is 1.96. The first-order valence-electron chi connectivity index (χ1n) is 10.9. The first-order chi connectivity index (χ1) is 13.0. The van der Waals surface area contributed by atoms with Gasteiger partial charge in [0.05, 0.1) is 6.10 Å². The van der Waals surface area contributed by atoms with Crippen molar-refractivity contribution in [2.75, 3.05) is 57.9 Å². The second-order valence-electron chi connectivity index (χ2n) is 8.35. The summed E-state index contributed by atoms with van der Waals surface area (Å²) in [4.78, 5) is 19.9. The van der Waals surface area contributed by atoms with Crippen molar-refractivity contribution < 1.29 is 9.53 Å². The minimum atomic E-state index is 0.259. The molecule has 1 saturated heterocycles. The van der Waals surface area contributed by atoms with Crippen molar-refractivity contribution in [3.05, 3.63) is 0 Å². The van der Waals surface area contributed by atoms with E-state index in [2.05, 4.69) is 35.5 Å². The molecule has 158 valence electrons. The zero-order chi connectivity index (χ0) is 19.6. The molecule has 2 fully saturated rings. The SMILES string of the molecule is CCN(CCN(CCC(C)C)C(=O)N1CCSCC1)C1CCC(OC)CC1. The van der Waals surface area contributed by atoms with Gasteiger partial charge < -0.3 is 14.5 Å². The van der Waals surface area contributed by atoms with Gasteiger partial charge in [0.25, 0.3) is 0 Å². The lowest BCUT2D eigenvalue weighted by Crippen LogP contribution is -2.50. The molecule has 1 saturated carbocycles. The summed E-state index contributed by atoms with van der Waals surface area (Å²) in [5.41, 5.74) is 0. The Morgan fingerprint density at radius 1 is 1.11 bits per heavy atom. The van der Waals surface area contributed by atoms with E-state index in [4.69, 9.17) is 4.74 Å². The van der Waals surface area contributed by atoms with Crippen LogP contribution in [-0.2, 0) is 4.74 Å². The zero-order valence-corrected chi connectivity index (χ0v) is 18.8. The average Bonchev–Trinajstić information content (AvgIpc) is 2.71. The molecule has 0 spiro atoms. The minimum absolute atomic E-state index is 0.259. The van der Waals surface area contributed by atoms with Gasteiger partial charge in [0, 0.05) is 57.4 Å². The number of ether oxygens (including phenoxy) is 1. The van der Waals surface area contributed by atoms with Gasteiger partial charge in [-0.25, -0.2) is 4.79 Å². The third kappa shape index (κ3) is 7.47. The quantitative estimate of drug-likeness (QED) is 0.591. The Hall–Kier alpha value is -0.460. The van der Waals surface area contributed by atoms with Crippen LogP contribution in [0.3, 0.4) is 0 Å². The average molecular weight is 400 g/mol. The molecule has 0 bridgehead atoms. The zero-order valence-electron chi connectivity index (χ0n) is 18.0. The van der Waals surface area contributed by atoms with E-state index in [1.54, 1.807) is 0 Å². The van der Waals surface area contributed by atoms with Crippen LogP contribution in [-0.4, -0.2) is 90.8 Å². The van der Waals surface area contributed by atoms with Gasteiger partial charge >= 0.3 is 6.03 Å². The van der Waals surface area contributed by atoms with Crippen LogP contribution in [0.25, 0.3) is 0 Å². The minimum Gasteiger partial charge on any atom is -0.381 e. The van der Waals surface area contributed by atoms with Crippen LogP contribution in [0.2, 0.25) is 0 Å². The number of rotatable bonds is 9. The maximum atomic E-state index is 13.1. The van der Waals surface area contributed by atoms with Crippen LogP contribution < -0.4 is 0 Å². The Kier molecular flexibility index (Phi) is 10.3. The molecule has 27 heavy (non-hydrogen) atoms. The predicted octanol–water partition coefficient (Wildman–Crippen LogP) is 3.78. The Bertz CT molecular complexity index is 422. The van der Waals surface area contributed by atoms with Crippen LogP contribution in [0.15, 0.2) is 0 Å². The number of hydrogen-bond acceptors (Lipinski definition) is 4. The number of thioether (sulfide) groups is 1.